The minimum Gasteiger partial charge on any atom is -0.258 e. The molecule has 0 bridgehead atoms. The van der Waals surface area contributed by atoms with Crippen LogP contribution in [0.1, 0.15) is 44.5 Å². The first-order valence-corrected chi connectivity index (χ1v) is 5.50. The van der Waals surface area contributed by atoms with Gasteiger partial charge in [-0.05, 0) is 24.7 Å². The van der Waals surface area contributed by atoms with E-state index in [2.05, 4.69) is 30.7 Å². The lowest BCUT2D eigenvalue weighted by Gasteiger charge is -2.32. The molecule has 1 heterocycles. The van der Waals surface area contributed by atoms with Crippen molar-refractivity contribution >= 4 is 0 Å². The average Bonchev–Trinajstić information content (AvgIpc) is 2.18. The maximum atomic E-state index is 4.47. The molecule has 0 N–H and O–H groups in total. The third-order valence-corrected chi connectivity index (χ3v) is 3.45. The minimum absolute atomic E-state index is 0.576. The van der Waals surface area contributed by atoms with Gasteiger partial charge < -0.3 is 0 Å². The fourth-order valence-electron chi connectivity index (χ4n) is 2.62. The molecule has 76 valence electrons. The Morgan fingerprint density at radius 2 is 2.00 bits per heavy atom. The van der Waals surface area contributed by atoms with Crippen LogP contribution in [0.4, 0.5) is 0 Å². The number of aryl methyl sites for hydroxylation is 1. The smallest absolute Gasteiger partial charge is 0.0649 e. The number of fused-ring (bicyclic) bond motifs is 1. The lowest BCUT2D eigenvalue weighted by Crippen LogP contribution is -2.24. The Labute approximate surface area is 85.8 Å². The van der Waals surface area contributed by atoms with Gasteiger partial charge >= 0.3 is 0 Å². The number of hydrogen-bond donors (Lipinski definition) is 0. The fraction of sp³-hybridized carbons (Fsp3) is 0.667. The third kappa shape index (κ3) is 1.54. The molecule has 2 atom stereocenters. The highest BCUT2D eigenvalue weighted by molar-refractivity contribution is 5.19. The molecule has 2 heteroatoms. The zero-order valence-electron chi connectivity index (χ0n) is 9.20. The van der Waals surface area contributed by atoms with Crippen molar-refractivity contribution in [3.05, 3.63) is 23.8 Å². The molecule has 1 aliphatic rings. The molecule has 0 aliphatic heterocycles. The van der Waals surface area contributed by atoms with Gasteiger partial charge in [0.1, 0.15) is 0 Å². The van der Waals surface area contributed by atoms with E-state index in [1.165, 1.54) is 17.8 Å². The van der Waals surface area contributed by atoms with E-state index in [-0.39, 0.29) is 0 Å². The van der Waals surface area contributed by atoms with E-state index in [0.717, 1.165) is 18.3 Å². The van der Waals surface area contributed by atoms with E-state index in [1.807, 2.05) is 6.20 Å². The normalized spacial score (nSPS) is 26.3. The van der Waals surface area contributed by atoms with Crippen LogP contribution >= 0.6 is 0 Å². The Morgan fingerprint density at radius 3 is 2.71 bits per heavy atom. The molecule has 0 fully saturated rings. The van der Waals surface area contributed by atoms with Crippen LogP contribution in [0.3, 0.4) is 0 Å². The van der Waals surface area contributed by atoms with Gasteiger partial charge in [-0.2, -0.15) is 0 Å². The maximum Gasteiger partial charge on any atom is 0.0649 e. The molecule has 14 heavy (non-hydrogen) atoms. The lowest BCUT2D eigenvalue weighted by atomic mass is 9.75. The quantitative estimate of drug-likeness (QED) is 0.680. The Kier molecular flexibility index (Phi) is 2.53. The molecule has 2 unspecified atom stereocenters. The predicted octanol–water partition coefficient (Wildman–Crippen LogP) is 2.80. The highest BCUT2D eigenvalue weighted by Crippen LogP contribution is 2.37. The van der Waals surface area contributed by atoms with E-state index < -0.39 is 0 Å². The molecule has 1 aliphatic carbocycles. The van der Waals surface area contributed by atoms with Crippen molar-refractivity contribution in [3.8, 4) is 0 Å². The molecule has 0 spiro atoms. The van der Waals surface area contributed by atoms with Crippen LogP contribution in [0.25, 0.3) is 0 Å². The first kappa shape index (κ1) is 9.63. The summed E-state index contributed by atoms with van der Waals surface area (Å²) in [5.74, 6) is 2.10. The molecule has 0 saturated carbocycles. The zero-order chi connectivity index (χ0) is 10.1. The Morgan fingerprint density at radius 1 is 1.29 bits per heavy atom. The first-order valence-electron chi connectivity index (χ1n) is 5.50. The highest BCUT2D eigenvalue weighted by Gasteiger charge is 2.29. The number of aromatic nitrogens is 2. The predicted molar refractivity (Wildman–Crippen MR) is 57.1 cm³/mol. The molecule has 0 amide bonds. The van der Waals surface area contributed by atoms with Crippen molar-refractivity contribution in [2.45, 2.75) is 39.5 Å². The van der Waals surface area contributed by atoms with Crippen molar-refractivity contribution in [1.29, 1.82) is 0 Å². The van der Waals surface area contributed by atoms with Crippen LogP contribution in [-0.2, 0) is 6.42 Å². The standard InChI is InChI=1S/C12H18N2/c1-8(2)10-4-5-11-12(9(10)3)14-7-6-13-11/h6-10H,4-5H2,1-3H3. The van der Waals surface area contributed by atoms with E-state index in [4.69, 9.17) is 0 Å². The van der Waals surface area contributed by atoms with Gasteiger partial charge in [-0.3, -0.25) is 9.97 Å². The molecule has 2 nitrogen and oxygen atoms in total. The van der Waals surface area contributed by atoms with Gasteiger partial charge in [0, 0.05) is 18.3 Å². The monoisotopic (exact) mass is 190 g/mol. The molecular weight excluding hydrogens is 172 g/mol. The second kappa shape index (κ2) is 3.68. The second-order valence-corrected chi connectivity index (χ2v) is 4.62. The van der Waals surface area contributed by atoms with Crippen LogP contribution in [0.2, 0.25) is 0 Å². The molecule has 2 rings (SSSR count). The Balaban J connectivity index is 2.31. The van der Waals surface area contributed by atoms with E-state index in [1.54, 1.807) is 6.20 Å². The number of nitrogens with zero attached hydrogens (tertiary/aromatic N) is 2. The first-order chi connectivity index (χ1) is 6.70. The Hall–Kier alpha value is -0.920. The summed E-state index contributed by atoms with van der Waals surface area (Å²) < 4.78 is 0. The summed E-state index contributed by atoms with van der Waals surface area (Å²) >= 11 is 0. The molecular formula is C12H18N2. The van der Waals surface area contributed by atoms with Gasteiger partial charge in [-0.1, -0.05) is 20.8 Å². The van der Waals surface area contributed by atoms with Crippen LogP contribution < -0.4 is 0 Å². The van der Waals surface area contributed by atoms with Crippen molar-refractivity contribution in [2.75, 3.05) is 0 Å². The topological polar surface area (TPSA) is 25.8 Å². The van der Waals surface area contributed by atoms with Crippen molar-refractivity contribution in [1.82, 2.24) is 9.97 Å². The van der Waals surface area contributed by atoms with Gasteiger partial charge in [0.05, 0.1) is 11.4 Å². The van der Waals surface area contributed by atoms with E-state index in [9.17, 15) is 0 Å². The van der Waals surface area contributed by atoms with Crippen LogP contribution in [0, 0.1) is 11.8 Å². The Bertz CT molecular complexity index is 320. The third-order valence-electron chi connectivity index (χ3n) is 3.45. The summed E-state index contributed by atoms with van der Waals surface area (Å²) in [5.41, 5.74) is 2.45. The number of rotatable bonds is 1. The van der Waals surface area contributed by atoms with Crippen molar-refractivity contribution in [2.24, 2.45) is 11.8 Å². The summed E-state index contributed by atoms with van der Waals surface area (Å²) in [6.45, 7) is 6.91. The summed E-state index contributed by atoms with van der Waals surface area (Å²) in [7, 11) is 0. The summed E-state index contributed by atoms with van der Waals surface area (Å²) in [4.78, 5) is 8.87. The zero-order valence-corrected chi connectivity index (χ0v) is 9.20. The number of hydrogen-bond acceptors (Lipinski definition) is 2. The largest absolute Gasteiger partial charge is 0.258 e. The SMILES string of the molecule is CC(C)C1CCc2nccnc2C1C. The summed E-state index contributed by atoms with van der Waals surface area (Å²) in [6.07, 6.45) is 6.00. The van der Waals surface area contributed by atoms with Gasteiger partial charge in [-0.25, -0.2) is 0 Å². The van der Waals surface area contributed by atoms with E-state index >= 15 is 0 Å². The van der Waals surface area contributed by atoms with E-state index in [0.29, 0.717) is 5.92 Å². The molecule has 0 aromatic carbocycles. The maximum absolute atomic E-state index is 4.47. The average molecular weight is 190 g/mol. The highest BCUT2D eigenvalue weighted by atomic mass is 14.8. The lowest BCUT2D eigenvalue weighted by molar-refractivity contribution is 0.287. The van der Waals surface area contributed by atoms with Gasteiger partial charge in [-0.15, -0.1) is 0 Å². The van der Waals surface area contributed by atoms with Crippen LogP contribution in [0.5, 0.6) is 0 Å². The van der Waals surface area contributed by atoms with Crippen molar-refractivity contribution < 1.29 is 0 Å². The van der Waals surface area contributed by atoms with Crippen LogP contribution in [-0.4, -0.2) is 9.97 Å². The van der Waals surface area contributed by atoms with Crippen LogP contribution in [0.15, 0.2) is 12.4 Å². The summed E-state index contributed by atoms with van der Waals surface area (Å²) in [5, 5.41) is 0. The second-order valence-electron chi connectivity index (χ2n) is 4.62. The molecule has 0 saturated heterocycles. The molecule has 1 aromatic rings. The minimum atomic E-state index is 0.576. The summed E-state index contributed by atoms with van der Waals surface area (Å²) in [6, 6.07) is 0. The molecule has 0 radical (unpaired) electrons. The van der Waals surface area contributed by atoms with Gasteiger partial charge in [0.25, 0.3) is 0 Å². The van der Waals surface area contributed by atoms with Gasteiger partial charge in [0.2, 0.25) is 0 Å². The molecule has 1 aromatic heterocycles. The fourth-order valence-corrected chi connectivity index (χ4v) is 2.62. The van der Waals surface area contributed by atoms with Gasteiger partial charge in [0.15, 0.2) is 0 Å². The van der Waals surface area contributed by atoms with Crippen molar-refractivity contribution in [3.63, 3.8) is 0 Å².